The number of rotatable bonds is 4. The number of hydrogen-bond acceptors (Lipinski definition) is 2. The van der Waals surface area contributed by atoms with E-state index in [1.807, 2.05) is 24.3 Å². The zero-order valence-corrected chi connectivity index (χ0v) is 12.7. The summed E-state index contributed by atoms with van der Waals surface area (Å²) in [6.45, 7) is 4.45. The molecule has 0 fully saturated rings. The molecule has 0 spiro atoms. The number of ketones is 1. The zero-order valence-electron chi connectivity index (χ0n) is 9.82. The average molecular weight is 304 g/mol. The Morgan fingerprint density at radius 1 is 1.29 bits per heavy atom. The van der Waals surface area contributed by atoms with Gasteiger partial charge in [0, 0.05) is 39.1 Å². The summed E-state index contributed by atoms with van der Waals surface area (Å²) in [5.41, 5.74) is 2.17. The fourth-order valence-electron chi connectivity index (χ4n) is 1.71. The summed E-state index contributed by atoms with van der Waals surface area (Å²) in [6, 6.07) is 5.90. The first kappa shape index (κ1) is 14.6. The summed E-state index contributed by atoms with van der Waals surface area (Å²) in [5.74, 6) is 0.998. The molecule has 17 heavy (non-hydrogen) atoms. The molecule has 0 atom stereocenters. The van der Waals surface area contributed by atoms with Crippen molar-refractivity contribution in [3.8, 4) is 5.75 Å². The predicted octanol–water partition coefficient (Wildman–Crippen LogP) is 2.82. The van der Waals surface area contributed by atoms with E-state index < -0.39 is 0 Å². The van der Waals surface area contributed by atoms with Crippen molar-refractivity contribution in [1.82, 2.24) is 0 Å². The maximum Gasteiger partial charge on any atom is 0.160 e. The number of hydrogen-bond donors (Lipinski definition) is 0. The zero-order chi connectivity index (χ0) is 11.4. The van der Waals surface area contributed by atoms with Crippen molar-refractivity contribution in [3.05, 3.63) is 42.3 Å². The normalized spacial score (nSPS) is 12.9. The van der Waals surface area contributed by atoms with Gasteiger partial charge in [-0.15, -0.1) is 0 Å². The Morgan fingerprint density at radius 3 is 2.88 bits per heavy atom. The summed E-state index contributed by atoms with van der Waals surface area (Å²) in [6.07, 6.45) is 5.81. The Labute approximate surface area is 127 Å². The third kappa shape index (κ3) is 4.04. The molecule has 0 heterocycles. The van der Waals surface area contributed by atoms with Gasteiger partial charge in [0.05, 0.1) is 6.61 Å². The van der Waals surface area contributed by atoms with Gasteiger partial charge in [0.1, 0.15) is 5.75 Å². The van der Waals surface area contributed by atoms with Crippen molar-refractivity contribution in [2.45, 2.75) is 19.3 Å². The quantitative estimate of drug-likeness (QED) is 0.631. The molecule has 1 aromatic rings. The van der Waals surface area contributed by atoms with Crippen LogP contribution in [0.25, 0.3) is 6.08 Å². The number of carbonyl (C=O) groups is 1. The minimum Gasteiger partial charge on any atom is -0.494 e. The molecule has 1 aliphatic carbocycles. The average Bonchev–Trinajstić information content (AvgIpc) is 2.29. The van der Waals surface area contributed by atoms with Gasteiger partial charge in [-0.05, 0) is 35.8 Å². The maximum absolute atomic E-state index is 11.3. The molecular formula is C14H15O2Y-. The number of benzene rings is 1. The van der Waals surface area contributed by atoms with E-state index >= 15 is 0 Å². The van der Waals surface area contributed by atoms with Crippen LogP contribution in [0, 0.1) is 6.92 Å². The van der Waals surface area contributed by atoms with Gasteiger partial charge in [0.25, 0.3) is 0 Å². The first-order valence-corrected chi connectivity index (χ1v) is 5.55. The monoisotopic (exact) mass is 304 g/mol. The van der Waals surface area contributed by atoms with E-state index in [4.69, 9.17) is 4.74 Å². The molecule has 0 saturated carbocycles. The van der Waals surface area contributed by atoms with Crippen molar-refractivity contribution < 1.29 is 42.2 Å². The Balaban J connectivity index is 0.00000144. The molecule has 0 amide bonds. The van der Waals surface area contributed by atoms with Gasteiger partial charge in [-0.3, -0.25) is 4.79 Å². The van der Waals surface area contributed by atoms with E-state index in [9.17, 15) is 4.79 Å². The Morgan fingerprint density at radius 2 is 2.12 bits per heavy atom. The van der Waals surface area contributed by atoms with Gasteiger partial charge < -0.3 is 11.7 Å². The molecule has 2 rings (SSSR count). The van der Waals surface area contributed by atoms with E-state index in [1.54, 1.807) is 6.08 Å². The fourth-order valence-corrected chi connectivity index (χ4v) is 1.71. The molecule has 2 nitrogen and oxygen atoms in total. The van der Waals surface area contributed by atoms with Gasteiger partial charge in [0.2, 0.25) is 0 Å². The predicted molar refractivity (Wildman–Crippen MR) is 64.3 cm³/mol. The van der Waals surface area contributed by atoms with Crippen LogP contribution >= 0.6 is 0 Å². The fraction of sp³-hybridized carbons (Fsp3) is 0.286. The molecule has 3 heteroatoms. The second-order valence-corrected chi connectivity index (χ2v) is 3.89. The van der Waals surface area contributed by atoms with E-state index in [0.717, 1.165) is 29.7 Å². The molecule has 0 saturated heterocycles. The Bertz CT molecular complexity index is 424. The van der Waals surface area contributed by atoms with E-state index in [-0.39, 0.29) is 38.5 Å². The van der Waals surface area contributed by atoms with E-state index in [0.29, 0.717) is 13.0 Å². The maximum atomic E-state index is 11.3. The molecule has 0 N–H and O–H groups in total. The Hall–Kier alpha value is -0.466. The number of unbranched alkanes of at least 4 members (excludes halogenated alkanes) is 1. The Kier molecular flexibility index (Phi) is 6.07. The van der Waals surface area contributed by atoms with Crippen LogP contribution in [-0.2, 0) is 43.9 Å². The third-order valence-electron chi connectivity index (χ3n) is 2.59. The summed E-state index contributed by atoms with van der Waals surface area (Å²) in [4.78, 5) is 11.3. The van der Waals surface area contributed by atoms with Gasteiger partial charge in [0.15, 0.2) is 5.78 Å². The third-order valence-corrected chi connectivity index (χ3v) is 2.59. The molecule has 1 radical (unpaired) electrons. The first-order chi connectivity index (χ1) is 7.79. The molecule has 0 unspecified atom stereocenters. The van der Waals surface area contributed by atoms with Gasteiger partial charge in [-0.2, -0.15) is 6.42 Å². The standard InChI is InChI=1S/C14H15O2.Y/c1-2-3-8-16-14-7-5-11-4-6-13(15)9-12(11)10-14;/h4-7,10H,1-3,8-9H2;/q-1;. The van der Waals surface area contributed by atoms with Gasteiger partial charge >= 0.3 is 0 Å². The van der Waals surface area contributed by atoms with Crippen LogP contribution in [0.5, 0.6) is 5.75 Å². The first-order valence-electron chi connectivity index (χ1n) is 5.55. The van der Waals surface area contributed by atoms with Gasteiger partial charge in [-0.1, -0.05) is 12.1 Å². The minimum absolute atomic E-state index is 0. The largest absolute Gasteiger partial charge is 0.494 e. The molecular weight excluding hydrogens is 289 g/mol. The summed E-state index contributed by atoms with van der Waals surface area (Å²) in [7, 11) is 0. The molecule has 87 valence electrons. The van der Waals surface area contributed by atoms with Crippen LogP contribution in [0.1, 0.15) is 24.0 Å². The molecule has 1 aliphatic rings. The summed E-state index contributed by atoms with van der Waals surface area (Å²) < 4.78 is 5.57. The summed E-state index contributed by atoms with van der Waals surface area (Å²) >= 11 is 0. The van der Waals surface area contributed by atoms with Crippen LogP contribution in [0.4, 0.5) is 0 Å². The number of carbonyl (C=O) groups excluding carboxylic acids is 1. The van der Waals surface area contributed by atoms with Crippen molar-refractivity contribution >= 4 is 11.9 Å². The summed E-state index contributed by atoms with van der Waals surface area (Å²) in [5, 5.41) is 0. The van der Waals surface area contributed by atoms with E-state index in [2.05, 4.69) is 6.92 Å². The number of ether oxygens (including phenoxy) is 1. The van der Waals surface area contributed by atoms with Crippen LogP contribution in [-0.4, -0.2) is 12.4 Å². The molecule has 0 bridgehead atoms. The second-order valence-electron chi connectivity index (χ2n) is 3.89. The topological polar surface area (TPSA) is 26.3 Å². The van der Waals surface area contributed by atoms with Crippen molar-refractivity contribution in [2.75, 3.05) is 6.61 Å². The molecule has 1 aromatic carbocycles. The van der Waals surface area contributed by atoms with Crippen LogP contribution in [0.15, 0.2) is 24.3 Å². The van der Waals surface area contributed by atoms with Crippen LogP contribution < -0.4 is 4.74 Å². The van der Waals surface area contributed by atoms with E-state index in [1.165, 1.54) is 0 Å². The van der Waals surface area contributed by atoms with Crippen LogP contribution in [0.2, 0.25) is 0 Å². The smallest absolute Gasteiger partial charge is 0.160 e. The molecule has 0 aromatic heterocycles. The SMILES string of the molecule is [CH2-]CCCOc1ccc2c(c1)CC(=O)C=C2.[Y]. The second kappa shape index (κ2) is 7.08. The van der Waals surface area contributed by atoms with Gasteiger partial charge in [-0.25, -0.2) is 0 Å². The van der Waals surface area contributed by atoms with Crippen molar-refractivity contribution in [1.29, 1.82) is 0 Å². The van der Waals surface area contributed by atoms with Crippen molar-refractivity contribution in [2.24, 2.45) is 0 Å². The number of allylic oxidation sites excluding steroid dienone is 1. The number of fused-ring (bicyclic) bond motifs is 1. The van der Waals surface area contributed by atoms with Crippen LogP contribution in [0.3, 0.4) is 0 Å². The molecule has 0 aliphatic heterocycles. The minimum atomic E-state index is 0. The van der Waals surface area contributed by atoms with Crippen molar-refractivity contribution in [3.63, 3.8) is 0 Å².